The van der Waals surface area contributed by atoms with E-state index in [1.54, 1.807) is 0 Å². The average Bonchev–Trinajstić information content (AvgIpc) is 2.31. The quantitative estimate of drug-likeness (QED) is 0.495. The van der Waals surface area contributed by atoms with Gasteiger partial charge in [0.2, 0.25) is 0 Å². The smallest absolute Gasteiger partial charge is 0.0870 e. The fourth-order valence-electron chi connectivity index (χ4n) is 1.70. The third kappa shape index (κ3) is 2.13. The molecule has 1 aliphatic carbocycles. The van der Waals surface area contributed by atoms with E-state index in [-0.39, 0.29) is 0 Å². The van der Waals surface area contributed by atoms with E-state index in [2.05, 4.69) is 11.2 Å². The predicted octanol–water partition coefficient (Wildman–Crippen LogP) is 3.23. The normalized spacial score (nSPS) is 16.9. The van der Waals surface area contributed by atoms with Gasteiger partial charge in [0.1, 0.15) is 0 Å². The molecule has 0 bridgehead atoms. The van der Waals surface area contributed by atoms with Crippen molar-refractivity contribution in [1.82, 2.24) is 0 Å². The summed E-state index contributed by atoms with van der Waals surface area (Å²) in [7, 11) is 0. The highest BCUT2D eigenvalue weighted by molar-refractivity contribution is 6.02. The zero-order valence-corrected chi connectivity index (χ0v) is 8.83. The number of hydrogen-bond donors (Lipinski definition) is 1. The van der Waals surface area contributed by atoms with Crippen molar-refractivity contribution in [3.63, 3.8) is 0 Å². The Labute approximate surface area is 85.3 Å². The monoisotopic (exact) mass is 191 g/mol. The minimum Gasteiger partial charge on any atom is -0.411 e. The number of benzene rings is 1. The molecule has 2 heteroatoms. The van der Waals surface area contributed by atoms with Crippen molar-refractivity contribution in [3.8, 4) is 0 Å². The maximum Gasteiger partial charge on any atom is 0.0870 e. The SMILES string of the molecule is CC.O/N=C1/CCCc2ccccc21. The van der Waals surface area contributed by atoms with Crippen molar-refractivity contribution in [1.29, 1.82) is 0 Å². The topological polar surface area (TPSA) is 32.6 Å². The molecule has 2 nitrogen and oxygen atoms in total. The van der Waals surface area contributed by atoms with Crippen LogP contribution in [0.3, 0.4) is 0 Å². The molecule has 1 N–H and O–H groups in total. The molecular formula is C12H17NO. The minimum absolute atomic E-state index is 0.830. The van der Waals surface area contributed by atoms with Gasteiger partial charge in [0, 0.05) is 5.56 Å². The van der Waals surface area contributed by atoms with Gasteiger partial charge in [0.05, 0.1) is 5.71 Å². The Morgan fingerprint density at radius 3 is 2.57 bits per heavy atom. The van der Waals surface area contributed by atoms with Gasteiger partial charge < -0.3 is 5.21 Å². The van der Waals surface area contributed by atoms with Gasteiger partial charge in [-0.15, -0.1) is 0 Å². The Morgan fingerprint density at radius 1 is 1.14 bits per heavy atom. The summed E-state index contributed by atoms with van der Waals surface area (Å²) in [5.74, 6) is 0. The van der Waals surface area contributed by atoms with Crippen molar-refractivity contribution in [2.45, 2.75) is 33.1 Å². The first-order valence-electron chi connectivity index (χ1n) is 5.21. The Balaban J connectivity index is 0.000000461. The Bertz CT molecular complexity index is 318. The average molecular weight is 191 g/mol. The summed E-state index contributed by atoms with van der Waals surface area (Å²) in [4.78, 5) is 0. The van der Waals surface area contributed by atoms with Crippen LogP contribution < -0.4 is 0 Å². The van der Waals surface area contributed by atoms with Crippen molar-refractivity contribution >= 4 is 5.71 Å². The van der Waals surface area contributed by atoms with E-state index in [0.717, 1.165) is 30.5 Å². The number of rotatable bonds is 0. The lowest BCUT2D eigenvalue weighted by Gasteiger charge is -2.15. The summed E-state index contributed by atoms with van der Waals surface area (Å²) >= 11 is 0. The Morgan fingerprint density at radius 2 is 1.86 bits per heavy atom. The van der Waals surface area contributed by atoms with Gasteiger partial charge in [-0.25, -0.2) is 0 Å². The van der Waals surface area contributed by atoms with Gasteiger partial charge in [-0.05, 0) is 24.8 Å². The molecule has 0 radical (unpaired) electrons. The highest BCUT2D eigenvalue weighted by atomic mass is 16.4. The highest BCUT2D eigenvalue weighted by Gasteiger charge is 2.14. The fourth-order valence-corrected chi connectivity index (χ4v) is 1.70. The molecule has 0 saturated carbocycles. The summed E-state index contributed by atoms with van der Waals surface area (Å²) in [5, 5.41) is 12.0. The number of nitrogens with zero attached hydrogens (tertiary/aromatic N) is 1. The number of hydrogen-bond acceptors (Lipinski definition) is 2. The summed E-state index contributed by atoms with van der Waals surface area (Å²) in [6, 6.07) is 8.12. The molecule has 0 heterocycles. The van der Waals surface area contributed by atoms with Crippen LogP contribution in [0, 0.1) is 0 Å². The molecule has 0 saturated heterocycles. The van der Waals surface area contributed by atoms with Crippen LogP contribution in [-0.4, -0.2) is 10.9 Å². The van der Waals surface area contributed by atoms with Crippen molar-refractivity contribution in [3.05, 3.63) is 35.4 Å². The van der Waals surface area contributed by atoms with Crippen LogP contribution in [0.5, 0.6) is 0 Å². The summed E-state index contributed by atoms with van der Waals surface area (Å²) in [6.45, 7) is 4.00. The van der Waals surface area contributed by atoms with Gasteiger partial charge >= 0.3 is 0 Å². The Hall–Kier alpha value is -1.31. The third-order valence-electron chi connectivity index (χ3n) is 2.31. The second-order valence-corrected chi connectivity index (χ2v) is 3.06. The molecule has 14 heavy (non-hydrogen) atoms. The zero-order chi connectivity index (χ0) is 10.4. The van der Waals surface area contributed by atoms with Crippen molar-refractivity contribution in [2.24, 2.45) is 5.16 Å². The third-order valence-corrected chi connectivity index (χ3v) is 2.31. The Kier molecular flexibility index (Phi) is 4.17. The maximum atomic E-state index is 8.73. The molecule has 0 fully saturated rings. The van der Waals surface area contributed by atoms with Gasteiger partial charge in [-0.2, -0.15) is 0 Å². The van der Waals surface area contributed by atoms with Crippen molar-refractivity contribution in [2.75, 3.05) is 0 Å². The summed E-state index contributed by atoms with van der Waals surface area (Å²) in [5.41, 5.74) is 3.25. The maximum absolute atomic E-state index is 8.73. The van der Waals surface area contributed by atoms with Crippen LogP contribution in [0.25, 0.3) is 0 Å². The fraction of sp³-hybridized carbons (Fsp3) is 0.417. The molecule has 0 unspecified atom stereocenters. The molecule has 0 atom stereocenters. The lowest BCUT2D eigenvalue weighted by Crippen LogP contribution is -2.11. The molecule has 1 aliphatic rings. The first-order valence-corrected chi connectivity index (χ1v) is 5.21. The predicted molar refractivity (Wildman–Crippen MR) is 59.1 cm³/mol. The van der Waals surface area contributed by atoms with Gasteiger partial charge in [0.15, 0.2) is 0 Å². The van der Waals surface area contributed by atoms with E-state index in [0.29, 0.717) is 0 Å². The van der Waals surface area contributed by atoms with Crippen molar-refractivity contribution < 1.29 is 5.21 Å². The van der Waals surface area contributed by atoms with E-state index in [4.69, 9.17) is 5.21 Å². The van der Waals surface area contributed by atoms with Gasteiger partial charge in [0.25, 0.3) is 0 Å². The summed E-state index contributed by atoms with van der Waals surface area (Å²) < 4.78 is 0. The van der Waals surface area contributed by atoms with Crippen LogP contribution in [0.1, 0.15) is 37.8 Å². The van der Waals surface area contributed by atoms with E-state index >= 15 is 0 Å². The zero-order valence-electron chi connectivity index (χ0n) is 8.83. The lowest BCUT2D eigenvalue weighted by molar-refractivity contribution is 0.317. The second kappa shape index (κ2) is 5.43. The number of oxime groups is 1. The molecule has 0 aliphatic heterocycles. The van der Waals surface area contributed by atoms with Gasteiger partial charge in [-0.3, -0.25) is 0 Å². The molecule has 0 aromatic heterocycles. The van der Waals surface area contributed by atoms with E-state index < -0.39 is 0 Å². The van der Waals surface area contributed by atoms with E-state index in [9.17, 15) is 0 Å². The van der Waals surface area contributed by atoms with E-state index in [1.165, 1.54) is 5.56 Å². The standard InChI is InChI=1S/C10H11NO.C2H6/c12-11-10-7-3-5-8-4-1-2-6-9(8)10;1-2/h1-2,4,6,12H,3,5,7H2;1-2H3/b11-10-;. The van der Waals surface area contributed by atoms with E-state index in [1.807, 2.05) is 32.0 Å². The molecule has 1 aromatic rings. The van der Waals surface area contributed by atoms with Crippen LogP contribution in [-0.2, 0) is 6.42 Å². The molecule has 0 amide bonds. The van der Waals surface area contributed by atoms with Crippen LogP contribution in [0.2, 0.25) is 0 Å². The van der Waals surface area contributed by atoms with Gasteiger partial charge in [-0.1, -0.05) is 43.3 Å². The number of aryl methyl sites for hydroxylation is 1. The first-order chi connectivity index (χ1) is 6.92. The molecule has 0 spiro atoms. The van der Waals surface area contributed by atoms with Crippen LogP contribution in [0.15, 0.2) is 29.4 Å². The highest BCUT2D eigenvalue weighted by Crippen LogP contribution is 2.20. The molecule has 2 rings (SSSR count). The largest absolute Gasteiger partial charge is 0.411 e. The number of fused-ring (bicyclic) bond motifs is 1. The van der Waals surface area contributed by atoms with Crippen LogP contribution >= 0.6 is 0 Å². The summed E-state index contributed by atoms with van der Waals surface area (Å²) in [6.07, 6.45) is 3.10. The molecule has 76 valence electrons. The minimum atomic E-state index is 0.830. The first kappa shape index (κ1) is 10.8. The molecular weight excluding hydrogens is 174 g/mol. The lowest BCUT2D eigenvalue weighted by atomic mass is 9.90. The molecule has 1 aromatic carbocycles. The second-order valence-electron chi connectivity index (χ2n) is 3.06. The van der Waals surface area contributed by atoms with Crippen LogP contribution in [0.4, 0.5) is 0 Å².